The van der Waals surface area contributed by atoms with E-state index in [-0.39, 0.29) is 5.43 Å². The standard InChI is InChI=1S/C27H23Cl2NO5/c1-15-25(17-5-8-23(32-2)24(11-17)33-3)26(31)18-6-9-22-19(27(18)35-15)13-30(14-34-22)12-16-4-7-20(28)21(29)10-16/h4-11H,12-14H2,1-3H3. The monoisotopic (exact) mass is 511 g/mol. The van der Waals surface area contributed by atoms with Gasteiger partial charge in [0.2, 0.25) is 5.43 Å². The summed E-state index contributed by atoms with van der Waals surface area (Å²) in [4.78, 5) is 15.7. The van der Waals surface area contributed by atoms with Crippen molar-refractivity contribution in [2.45, 2.75) is 20.0 Å². The quantitative estimate of drug-likeness (QED) is 0.307. The molecule has 1 aromatic heterocycles. The minimum Gasteiger partial charge on any atom is -0.493 e. The van der Waals surface area contributed by atoms with E-state index in [0.717, 1.165) is 11.1 Å². The second-order valence-electron chi connectivity index (χ2n) is 8.36. The van der Waals surface area contributed by atoms with E-state index in [9.17, 15) is 4.79 Å². The Morgan fingerprint density at radius 1 is 0.971 bits per heavy atom. The Balaban J connectivity index is 1.54. The molecule has 4 aromatic rings. The van der Waals surface area contributed by atoms with Crippen LogP contribution in [0.4, 0.5) is 0 Å². The predicted octanol–water partition coefficient (Wildman–Crippen LogP) is 6.44. The highest BCUT2D eigenvalue weighted by molar-refractivity contribution is 6.42. The number of aryl methyl sites for hydroxylation is 1. The molecule has 1 aliphatic rings. The van der Waals surface area contributed by atoms with Crippen LogP contribution in [-0.2, 0) is 13.1 Å². The molecule has 5 rings (SSSR count). The molecule has 35 heavy (non-hydrogen) atoms. The highest BCUT2D eigenvalue weighted by Crippen LogP contribution is 2.36. The summed E-state index contributed by atoms with van der Waals surface area (Å²) in [6, 6.07) is 14.5. The zero-order valence-corrected chi connectivity index (χ0v) is 21.0. The number of methoxy groups -OCH3 is 2. The predicted molar refractivity (Wildman–Crippen MR) is 137 cm³/mol. The molecule has 0 amide bonds. The van der Waals surface area contributed by atoms with Crippen LogP contribution in [-0.4, -0.2) is 25.9 Å². The van der Waals surface area contributed by atoms with Crippen LogP contribution in [0.5, 0.6) is 17.2 Å². The van der Waals surface area contributed by atoms with Crippen molar-refractivity contribution in [3.05, 3.63) is 85.7 Å². The summed E-state index contributed by atoms with van der Waals surface area (Å²) in [5, 5.41) is 1.53. The zero-order valence-electron chi connectivity index (χ0n) is 19.5. The van der Waals surface area contributed by atoms with Gasteiger partial charge < -0.3 is 18.6 Å². The number of nitrogens with zero attached hydrogens (tertiary/aromatic N) is 1. The Hall–Kier alpha value is -3.19. The third-order valence-electron chi connectivity index (χ3n) is 6.14. The Bertz CT molecular complexity index is 1500. The molecule has 0 atom stereocenters. The second kappa shape index (κ2) is 9.46. The number of hydrogen-bond acceptors (Lipinski definition) is 6. The third-order valence-corrected chi connectivity index (χ3v) is 6.88. The van der Waals surface area contributed by atoms with E-state index in [1.54, 1.807) is 45.4 Å². The summed E-state index contributed by atoms with van der Waals surface area (Å²) in [6.45, 7) is 3.37. The lowest BCUT2D eigenvalue weighted by Gasteiger charge is -2.29. The summed E-state index contributed by atoms with van der Waals surface area (Å²) < 4.78 is 23.0. The molecular formula is C27H23Cl2NO5. The Morgan fingerprint density at radius 3 is 2.51 bits per heavy atom. The molecule has 0 spiro atoms. The molecule has 0 aliphatic carbocycles. The van der Waals surface area contributed by atoms with Gasteiger partial charge in [-0.05, 0) is 54.4 Å². The zero-order chi connectivity index (χ0) is 24.7. The molecule has 0 bridgehead atoms. The highest BCUT2D eigenvalue weighted by atomic mass is 35.5. The largest absolute Gasteiger partial charge is 0.493 e. The van der Waals surface area contributed by atoms with Crippen LogP contribution in [0.2, 0.25) is 10.0 Å². The Morgan fingerprint density at radius 2 is 1.77 bits per heavy atom. The van der Waals surface area contributed by atoms with Crippen LogP contribution in [0.1, 0.15) is 16.9 Å². The van der Waals surface area contributed by atoms with Crippen molar-refractivity contribution in [3.8, 4) is 28.4 Å². The summed E-state index contributed by atoms with van der Waals surface area (Å²) in [7, 11) is 3.14. The lowest BCUT2D eigenvalue weighted by molar-refractivity contribution is 0.0890. The van der Waals surface area contributed by atoms with Gasteiger partial charge in [-0.3, -0.25) is 9.69 Å². The molecule has 0 N–H and O–H groups in total. The van der Waals surface area contributed by atoms with E-state index in [1.165, 1.54) is 0 Å². The SMILES string of the molecule is COc1ccc(-c2c(C)oc3c4c(ccc3c2=O)OCN(Cc2ccc(Cl)c(Cl)c2)C4)cc1OC. The van der Waals surface area contributed by atoms with Gasteiger partial charge in [0, 0.05) is 13.1 Å². The normalized spacial score (nSPS) is 13.4. The minimum absolute atomic E-state index is 0.111. The fourth-order valence-corrected chi connectivity index (χ4v) is 4.76. The van der Waals surface area contributed by atoms with Crippen molar-refractivity contribution < 1.29 is 18.6 Å². The van der Waals surface area contributed by atoms with Crippen LogP contribution in [0.25, 0.3) is 22.1 Å². The van der Waals surface area contributed by atoms with Gasteiger partial charge in [-0.1, -0.05) is 35.3 Å². The molecule has 0 saturated heterocycles. The minimum atomic E-state index is -0.111. The summed E-state index contributed by atoms with van der Waals surface area (Å²) >= 11 is 12.2. The second-order valence-corrected chi connectivity index (χ2v) is 9.17. The average Bonchev–Trinajstić information content (AvgIpc) is 2.86. The maximum Gasteiger partial charge on any atom is 0.200 e. The van der Waals surface area contributed by atoms with E-state index in [2.05, 4.69) is 4.90 Å². The fraction of sp³-hybridized carbons (Fsp3) is 0.222. The van der Waals surface area contributed by atoms with Crippen molar-refractivity contribution in [2.75, 3.05) is 21.0 Å². The smallest absolute Gasteiger partial charge is 0.200 e. The van der Waals surface area contributed by atoms with Crippen LogP contribution >= 0.6 is 23.2 Å². The number of halogens is 2. The Labute approximate surface area is 212 Å². The van der Waals surface area contributed by atoms with Crippen LogP contribution in [0.15, 0.2) is 57.7 Å². The van der Waals surface area contributed by atoms with Gasteiger partial charge in [0.1, 0.15) is 23.8 Å². The molecule has 180 valence electrons. The fourth-order valence-electron chi connectivity index (χ4n) is 4.44. The molecule has 0 saturated carbocycles. The van der Waals surface area contributed by atoms with E-state index in [0.29, 0.717) is 75.0 Å². The third kappa shape index (κ3) is 4.33. The van der Waals surface area contributed by atoms with Crippen molar-refractivity contribution in [1.29, 1.82) is 0 Å². The number of hydrogen-bond donors (Lipinski definition) is 0. The lowest BCUT2D eigenvalue weighted by atomic mass is 10.00. The van der Waals surface area contributed by atoms with E-state index >= 15 is 0 Å². The summed E-state index contributed by atoms with van der Waals surface area (Å²) in [5.74, 6) is 2.36. The van der Waals surface area contributed by atoms with Crippen LogP contribution in [0, 0.1) is 6.92 Å². The first-order valence-electron chi connectivity index (χ1n) is 11.0. The van der Waals surface area contributed by atoms with Crippen molar-refractivity contribution in [2.24, 2.45) is 0 Å². The topological polar surface area (TPSA) is 61.1 Å². The molecule has 6 nitrogen and oxygen atoms in total. The first kappa shape index (κ1) is 23.5. The molecule has 3 aromatic carbocycles. The van der Waals surface area contributed by atoms with Crippen molar-refractivity contribution >= 4 is 34.2 Å². The molecule has 8 heteroatoms. The molecule has 1 aliphatic heterocycles. The highest BCUT2D eigenvalue weighted by Gasteiger charge is 2.24. The first-order valence-corrected chi connectivity index (χ1v) is 11.8. The lowest BCUT2D eigenvalue weighted by Crippen LogP contribution is -2.31. The van der Waals surface area contributed by atoms with E-state index in [4.69, 9.17) is 41.8 Å². The van der Waals surface area contributed by atoms with Gasteiger partial charge in [0.25, 0.3) is 0 Å². The number of ether oxygens (including phenoxy) is 3. The van der Waals surface area contributed by atoms with Crippen molar-refractivity contribution in [3.63, 3.8) is 0 Å². The summed E-state index contributed by atoms with van der Waals surface area (Å²) in [6.07, 6.45) is 0. The number of fused-ring (bicyclic) bond motifs is 3. The van der Waals surface area contributed by atoms with Gasteiger partial charge in [0.05, 0.1) is 40.8 Å². The number of rotatable bonds is 5. The first-order chi connectivity index (χ1) is 16.9. The Kier molecular flexibility index (Phi) is 6.36. The molecule has 2 heterocycles. The van der Waals surface area contributed by atoms with Gasteiger partial charge in [0.15, 0.2) is 11.5 Å². The molecule has 0 fully saturated rings. The molecule has 0 radical (unpaired) electrons. The molecule has 0 unspecified atom stereocenters. The van der Waals surface area contributed by atoms with Gasteiger partial charge in [-0.25, -0.2) is 0 Å². The maximum absolute atomic E-state index is 13.6. The maximum atomic E-state index is 13.6. The van der Waals surface area contributed by atoms with E-state index < -0.39 is 0 Å². The number of benzene rings is 3. The van der Waals surface area contributed by atoms with Crippen molar-refractivity contribution in [1.82, 2.24) is 4.90 Å². The van der Waals surface area contributed by atoms with Crippen LogP contribution in [0.3, 0.4) is 0 Å². The van der Waals surface area contributed by atoms with Gasteiger partial charge in [-0.2, -0.15) is 0 Å². The van der Waals surface area contributed by atoms with Gasteiger partial charge in [-0.15, -0.1) is 0 Å². The van der Waals surface area contributed by atoms with Gasteiger partial charge >= 0.3 is 0 Å². The summed E-state index contributed by atoms with van der Waals surface area (Å²) in [5.41, 5.74) is 3.47. The van der Waals surface area contributed by atoms with E-state index in [1.807, 2.05) is 24.3 Å². The van der Waals surface area contributed by atoms with Crippen LogP contribution < -0.4 is 19.6 Å². The molecular weight excluding hydrogens is 489 g/mol. The average molecular weight is 512 g/mol.